The van der Waals surface area contributed by atoms with Gasteiger partial charge in [0.15, 0.2) is 5.03 Å². The van der Waals surface area contributed by atoms with Crippen molar-refractivity contribution in [1.82, 2.24) is 15.3 Å². The van der Waals surface area contributed by atoms with Gasteiger partial charge in [-0.2, -0.15) is 0 Å². The Bertz CT molecular complexity index is 902. The second kappa shape index (κ2) is 9.39. The number of nitrogens with zero attached hydrogens (tertiary/aromatic N) is 2. The van der Waals surface area contributed by atoms with Crippen LogP contribution in [0.3, 0.4) is 0 Å². The van der Waals surface area contributed by atoms with Crippen LogP contribution in [0.25, 0.3) is 0 Å². The van der Waals surface area contributed by atoms with Crippen molar-refractivity contribution < 1.29 is 9.53 Å². The van der Waals surface area contributed by atoms with Crippen molar-refractivity contribution in [3.8, 4) is 11.6 Å². The summed E-state index contributed by atoms with van der Waals surface area (Å²) >= 11 is 7.36. The minimum absolute atomic E-state index is 0.0955. The number of ether oxygens (including phenoxy) is 1. The van der Waals surface area contributed by atoms with E-state index in [1.165, 1.54) is 11.8 Å². The molecular formula is C20H18ClN3O2S. The SMILES string of the molecule is CCCNC(=O)c1ccc(Oc2nccnc2Sc2ccc(Cl)cc2)cc1. The number of rotatable bonds is 7. The van der Waals surface area contributed by atoms with Gasteiger partial charge in [-0.15, -0.1) is 0 Å². The van der Waals surface area contributed by atoms with E-state index >= 15 is 0 Å². The zero-order valence-electron chi connectivity index (χ0n) is 14.7. The molecule has 0 spiro atoms. The first-order chi connectivity index (χ1) is 13.2. The Balaban J connectivity index is 1.72. The second-order valence-electron chi connectivity index (χ2n) is 5.60. The fourth-order valence-corrected chi connectivity index (χ4v) is 3.11. The zero-order valence-corrected chi connectivity index (χ0v) is 16.3. The minimum atomic E-state index is -0.0955. The predicted molar refractivity (Wildman–Crippen MR) is 107 cm³/mol. The maximum absolute atomic E-state index is 12.0. The summed E-state index contributed by atoms with van der Waals surface area (Å²) in [6, 6.07) is 14.4. The number of halogens is 1. The number of aromatic nitrogens is 2. The average molecular weight is 400 g/mol. The fourth-order valence-electron chi connectivity index (χ4n) is 2.19. The number of nitrogens with one attached hydrogen (secondary N) is 1. The number of amides is 1. The van der Waals surface area contributed by atoms with E-state index in [0.29, 0.717) is 33.8 Å². The molecule has 3 aromatic rings. The summed E-state index contributed by atoms with van der Waals surface area (Å²) in [5, 5.41) is 4.17. The summed E-state index contributed by atoms with van der Waals surface area (Å²) in [5.41, 5.74) is 0.589. The van der Waals surface area contributed by atoms with Gasteiger partial charge in [-0.1, -0.05) is 30.3 Å². The van der Waals surface area contributed by atoms with E-state index < -0.39 is 0 Å². The smallest absolute Gasteiger partial charge is 0.252 e. The molecule has 1 aromatic heterocycles. The highest BCUT2D eigenvalue weighted by Crippen LogP contribution is 2.34. The Hall–Kier alpha value is -2.57. The van der Waals surface area contributed by atoms with E-state index in [1.54, 1.807) is 36.7 Å². The van der Waals surface area contributed by atoms with E-state index in [4.69, 9.17) is 16.3 Å². The summed E-state index contributed by atoms with van der Waals surface area (Å²) in [6.45, 7) is 2.67. The lowest BCUT2D eigenvalue weighted by atomic mass is 10.2. The normalized spacial score (nSPS) is 10.4. The lowest BCUT2D eigenvalue weighted by Crippen LogP contribution is -2.23. The van der Waals surface area contributed by atoms with Gasteiger partial charge in [-0.25, -0.2) is 9.97 Å². The third-order valence-electron chi connectivity index (χ3n) is 3.53. The quantitative estimate of drug-likeness (QED) is 0.590. The van der Waals surface area contributed by atoms with E-state index in [2.05, 4.69) is 15.3 Å². The molecular weight excluding hydrogens is 382 g/mol. The summed E-state index contributed by atoms with van der Waals surface area (Å²) in [6.07, 6.45) is 4.09. The number of carbonyl (C=O) groups is 1. The third kappa shape index (κ3) is 5.45. The van der Waals surface area contributed by atoms with Crippen LogP contribution in [0.5, 0.6) is 11.6 Å². The number of hydrogen-bond acceptors (Lipinski definition) is 5. The van der Waals surface area contributed by atoms with Crippen molar-refractivity contribution >= 4 is 29.3 Å². The molecule has 0 unspecified atom stereocenters. The molecule has 1 amide bonds. The van der Waals surface area contributed by atoms with Crippen LogP contribution in [0.2, 0.25) is 5.02 Å². The van der Waals surface area contributed by atoms with Gasteiger partial charge >= 0.3 is 0 Å². The molecule has 1 heterocycles. The van der Waals surface area contributed by atoms with Gasteiger partial charge in [0.25, 0.3) is 11.8 Å². The molecule has 138 valence electrons. The molecule has 0 aliphatic carbocycles. The monoisotopic (exact) mass is 399 g/mol. The third-order valence-corrected chi connectivity index (χ3v) is 4.76. The Morgan fingerprint density at radius 2 is 1.78 bits per heavy atom. The van der Waals surface area contributed by atoms with Gasteiger partial charge in [0.2, 0.25) is 0 Å². The highest BCUT2D eigenvalue weighted by molar-refractivity contribution is 7.99. The van der Waals surface area contributed by atoms with Crippen molar-refractivity contribution in [2.24, 2.45) is 0 Å². The van der Waals surface area contributed by atoms with Crippen molar-refractivity contribution in [2.75, 3.05) is 6.54 Å². The maximum atomic E-state index is 12.0. The second-order valence-corrected chi connectivity index (χ2v) is 7.10. The Morgan fingerprint density at radius 1 is 1.07 bits per heavy atom. The van der Waals surface area contributed by atoms with Gasteiger partial charge in [-0.3, -0.25) is 4.79 Å². The van der Waals surface area contributed by atoms with Crippen molar-refractivity contribution in [2.45, 2.75) is 23.3 Å². The molecule has 1 N–H and O–H groups in total. The molecule has 0 saturated heterocycles. The zero-order chi connectivity index (χ0) is 19.1. The van der Waals surface area contributed by atoms with Crippen LogP contribution >= 0.6 is 23.4 Å². The van der Waals surface area contributed by atoms with Crippen LogP contribution in [-0.2, 0) is 0 Å². The summed E-state index contributed by atoms with van der Waals surface area (Å²) in [5.74, 6) is 0.892. The Morgan fingerprint density at radius 3 is 2.48 bits per heavy atom. The summed E-state index contributed by atoms with van der Waals surface area (Å²) in [4.78, 5) is 21.6. The van der Waals surface area contributed by atoms with Crippen LogP contribution in [0, 0.1) is 0 Å². The van der Waals surface area contributed by atoms with Crippen LogP contribution in [0.1, 0.15) is 23.7 Å². The standard InChI is InChI=1S/C20H18ClN3O2S/c1-2-11-22-18(25)14-3-7-16(8-4-14)26-19-20(24-13-12-23-19)27-17-9-5-15(21)6-10-17/h3-10,12-13H,2,11H2,1H3,(H,22,25). The topological polar surface area (TPSA) is 64.1 Å². The molecule has 0 aliphatic heterocycles. The van der Waals surface area contributed by atoms with E-state index in [1.807, 2.05) is 31.2 Å². The van der Waals surface area contributed by atoms with E-state index in [-0.39, 0.29) is 5.91 Å². The molecule has 0 radical (unpaired) electrons. The lowest BCUT2D eigenvalue weighted by molar-refractivity contribution is 0.0953. The van der Waals surface area contributed by atoms with Crippen molar-refractivity contribution in [3.63, 3.8) is 0 Å². The van der Waals surface area contributed by atoms with Crippen LogP contribution < -0.4 is 10.1 Å². The predicted octanol–water partition coefficient (Wildman–Crippen LogP) is 5.21. The number of carbonyl (C=O) groups excluding carboxylic acids is 1. The average Bonchev–Trinajstić information content (AvgIpc) is 2.70. The summed E-state index contributed by atoms with van der Waals surface area (Å²) in [7, 11) is 0. The molecule has 27 heavy (non-hydrogen) atoms. The van der Waals surface area contributed by atoms with Crippen molar-refractivity contribution in [1.29, 1.82) is 0 Å². The first-order valence-corrected chi connectivity index (χ1v) is 9.65. The first-order valence-electron chi connectivity index (χ1n) is 8.46. The molecule has 7 heteroatoms. The van der Waals surface area contributed by atoms with Gasteiger partial charge in [0, 0.05) is 34.4 Å². The Labute approximate surface area is 167 Å². The highest BCUT2D eigenvalue weighted by Gasteiger charge is 2.11. The maximum Gasteiger partial charge on any atom is 0.252 e. The van der Waals surface area contributed by atoms with Gasteiger partial charge < -0.3 is 10.1 Å². The molecule has 0 fully saturated rings. The fraction of sp³-hybridized carbons (Fsp3) is 0.150. The Kier molecular flexibility index (Phi) is 6.68. The molecule has 0 bridgehead atoms. The van der Waals surface area contributed by atoms with Gasteiger partial charge in [0.1, 0.15) is 5.75 Å². The first kappa shape index (κ1) is 19.2. The molecule has 0 aliphatic rings. The van der Waals surface area contributed by atoms with E-state index in [0.717, 1.165) is 11.3 Å². The molecule has 0 saturated carbocycles. The van der Waals surface area contributed by atoms with Gasteiger partial charge in [-0.05, 0) is 55.0 Å². The van der Waals surface area contributed by atoms with Gasteiger partial charge in [0.05, 0.1) is 0 Å². The summed E-state index contributed by atoms with van der Waals surface area (Å²) < 4.78 is 5.87. The minimum Gasteiger partial charge on any atom is -0.437 e. The largest absolute Gasteiger partial charge is 0.437 e. The molecule has 3 rings (SSSR count). The lowest BCUT2D eigenvalue weighted by Gasteiger charge is -2.09. The van der Waals surface area contributed by atoms with Crippen LogP contribution in [0.4, 0.5) is 0 Å². The van der Waals surface area contributed by atoms with Crippen LogP contribution in [-0.4, -0.2) is 22.4 Å². The highest BCUT2D eigenvalue weighted by atomic mass is 35.5. The van der Waals surface area contributed by atoms with E-state index in [9.17, 15) is 4.79 Å². The molecule has 5 nitrogen and oxygen atoms in total. The number of benzene rings is 2. The van der Waals surface area contributed by atoms with Crippen LogP contribution in [0.15, 0.2) is 70.8 Å². The number of hydrogen-bond donors (Lipinski definition) is 1. The molecule has 0 atom stereocenters. The molecule has 2 aromatic carbocycles. The van der Waals surface area contributed by atoms with Crippen molar-refractivity contribution in [3.05, 3.63) is 71.5 Å².